The third-order valence-corrected chi connectivity index (χ3v) is 4.61. The van der Waals surface area contributed by atoms with Gasteiger partial charge in [-0.1, -0.05) is 42.5 Å². The van der Waals surface area contributed by atoms with Crippen LogP contribution in [0.5, 0.6) is 0 Å². The fraction of sp³-hybridized carbons (Fsp3) is 0.0909. The molecule has 4 rings (SSSR count). The lowest BCUT2D eigenvalue weighted by Gasteiger charge is -2.03. The van der Waals surface area contributed by atoms with Gasteiger partial charge in [0.25, 0.3) is 5.91 Å². The number of hydrogen-bond donors (Lipinski definition) is 2. The Morgan fingerprint density at radius 3 is 2.59 bits per heavy atom. The fourth-order valence-corrected chi connectivity index (χ4v) is 3.09. The Hall–Kier alpha value is -4.00. The van der Waals surface area contributed by atoms with E-state index in [1.807, 2.05) is 55.5 Å². The van der Waals surface area contributed by atoms with Gasteiger partial charge in [0.2, 0.25) is 0 Å². The van der Waals surface area contributed by atoms with Gasteiger partial charge in [-0.3, -0.25) is 4.79 Å². The van der Waals surface area contributed by atoms with Crippen molar-refractivity contribution in [2.24, 2.45) is 5.10 Å². The van der Waals surface area contributed by atoms with Crippen molar-refractivity contribution in [2.45, 2.75) is 6.92 Å². The summed E-state index contributed by atoms with van der Waals surface area (Å²) in [5.41, 5.74) is 10.8. The minimum absolute atomic E-state index is 0.182. The van der Waals surface area contributed by atoms with E-state index in [1.54, 1.807) is 12.3 Å². The molecular formula is C22H20N6O. The number of aryl methyl sites for hydroxylation is 1. The second kappa shape index (κ2) is 7.55. The maximum Gasteiger partial charge on any atom is 0.257 e. The largest absolute Gasteiger partial charge is 0.383 e. The minimum atomic E-state index is -0.346. The summed E-state index contributed by atoms with van der Waals surface area (Å²) in [6, 6.07) is 15.3. The molecule has 0 unspecified atom stereocenters. The van der Waals surface area contributed by atoms with Crippen molar-refractivity contribution in [3.05, 3.63) is 77.9 Å². The molecule has 29 heavy (non-hydrogen) atoms. The number of aromatic nitrogens is 3. The highest BCUT2D eigenvalue weighted by atomic mass is 16.1. The number of nitrogen functional groups attached to an aromatic ring is 1. The monoisotopic (exact) mass is 384 g/mol. The molecule has 4 aromatic rings. The highest BCUT2D eigenvalue weighted by Crippen LogP contribution is 2.27. The van der Waals surface area contributed by atoms with Gasteiger partial charge >= 0.3 is 0 Å². The number of nitrogens with one attached hydrogen (secondary N) is 1. The highest BCUT2D eigenvalue weighted by molar-refractivity contribution is 6.10. The Morgan fingerprint density at radius 2 is 1.86 bits per heavy atom. The van der Waals surface area contributed by atoms with Crippen LogP contribution in [-0.4, -0.2) is 33.3 Å². The van der Waals surface area contributed by atoms with Crippen LogP contribution in [0.2, 0.25) is 0 Å². The summed E-state index contributed by atoms with van der Waals surface area (Å²) in [4.78, 5) is 22.0. The SMILES string of the molecule is C=CCNC(=O)c1c(N)n(N=Cc2ccccc2C)c2nc3ccccc3nc12. The number of rotatable bonds is 5. The van der Waals surface area contributed by atoms with Crippen LogP contribution in [0.4, 0.5) is 5.82 Å². The van der Waals surface area contributed by atoms with Gasteiger partial charge in [0.15, 0.2) is 5.65 Å². The maximum absolute atomic E-state index is 12.7. The molecule has 0 atom stereocenters. The predicted molar refractivity (Wildman–Crippen MR) is 116 cm³/mol. The average Bonchev–Trinajstić information content (AvgIpc) is 3.00. The van der Waals surface area contributed by atoms with E-state index >= 15 is 0 Å². The fourth-order valence-electron chi connectivity index (χ4n) is 3.09. The van der Waals surface area contributed by atoms with Gasteiger partial charge in [-0.25, -0.2) is 9.97 Å². The van der Waals surface area contributed by atoms with Crippen LogP contribution in [0, 0.1) is 6.92 Å². The van der Waals surface area contributed by atoms with E-state index in [4.69, 9.17) is 5.73 Å². The van der Waals surface area contributed by atoms with Crippen molar-refractivity contribution >= 4 is 40.1 Å². The first-order valence-corrected chi connectivity index (χ1v) is 9.16. The first kappa shape index (κ1) is 18.4. The quantitative estimate of drug-likeness (QED) is 0.407. The van der Waals surface area contributed by atoms with Gasteiger partial charge in [0.1, 0.15) is 16.9 Å². The van der Waals surface area contributed by atoms with Crippen LogP contribution in [0.15, 0.2) is 66.3 Å². The van der Waals surface area contributed by atoms with Crippen molar-refractivity contribution in [1.29, 1.82) is 0 Å². The zero-order chi connectivity index (χ0) is 20.4. The number of carbonyl (C=O) groups excluding carboxylic acids is 1. The van der Waals surface area contributed by atoms with Crippen LogP contribution >= 0.6 is 0 Å². The van der Waals surface area contributed by atoms with E-state index in [0.29, 0.717) is 28.7 Å². The summed E-state index contributed by atoms with van der Waals surface area (Å²) in [5, 5.41) is 7.28. The molecule has 0 spiro atoms. The number of anilines is 1. The molecule has 144 valence electrons. The molecule has 0 aliphatic rings. The summed E-state index contributed by atoms with van der Waals surface area (Å²) >= 11 is 0. The van der Waals surface area contributed by atoms with Crippen LogP contribution in [0.3, 0.4) is 0 Å². The first-order chi connectivity index (χ1) is 14.1. The molecule has 0 saturated carbocycles. The normalized spacial score (nSPS) is 11.3. The minimum Gasteiger partial charge on any atom is -0.383 e. The van der Waals surface area contributed by atoms with Crippen molar-refractivity contribution < 1.29 is 4.79 Å². The number of amides is 1. The molecule has 0 fully saturated rings. The number of para-hydroxylation sites is 2. The lowest BCUT2D eigenvalue weighted by atomic mass is 10.1. The number of benzene rings is 2. The lowest BCUT2D eigenvalue weighted by molar-refractivity contribution is 0.0960. The molecule has 7 nitrogen and oxygen atoms in total. The molecule has 2 aromatic carbocycles. The van der Waals surface area contributed by atoms with E-state index < -0.39 is 0 Å². The maximum atomic E-state index is 12.7. The van der Waals surface area contributed by atoms with Crippen molar-refractivity contribution in [1.82, 2.24) is 20.0 Å². The van der Waals surface area contributed by atoms with Crippen LogP contribution in [-0.2, 0) is 0 Å². The Bertz CT molecular complexity index is 1270. The Morgan fingerprint density at radius 1 is 1.17 bits per heavy atom. The standard InChI is InChI=1S/C22H20N6O/c1-3-12-24-22(29)18-19-21(27-17-11-7-6-10-16(17)26-19)28(20(18)23)25-13-15-9-5-4-8-14(15)2/h3-11,13H,1,12,23H2,2H3,(H,24,29). The molecule has 1 amide bonds. The van der Waals surface area contributed by atoms with Crippen molar-refractivity contribution in [3.8, 4) is 0 Å². The van der Waals surface area contributed by atoms with Crippen LogP contribution in [0.1, 0.15) is 21.5 Å². The second-order valence-electron chi connectivity index (χ2n) is 6.56. The van der Waals surface area contributed by atoms with Gasteiger partial charge in [-0.2, -0.15) is 9.78 Å². The average molecular weight is 384 g/mol. The number of nitrogens with two attached hydrogens (primary N) is 1. The van der Waals surface area contributed by atoms with Crippen LogP contribution < -0.4 is 11.1 Å². The second-order valence-corrected chi connectivity index (χ2v) is 6.56. The van der Waals surface area contributed by atoms with E-state index in [2.05, 4.69) is 27.0 Å². The van der Waals surface area contributed by atoms with Gasteiger partial charge in [0, 0.05) is 6.54 Å². The van der Waals surface area contributed by atoms with Gasteiger partial charge in [-0.05, 0) is 30.2 Å². The first-order valence-electron chi connectivity index (χ1n) is 9.16. The van der Waals surface area contributed by atoms with Crippen molar-refractivity contribution in [2.75, 3.05) is 12.3 Å². The Balaban J connectivity index is 1.94. The zero-order valence-electron chi connectivity index (χ0n) is 16.0. The van der Waals surface area contributed by atoms with E-state index in [1.165, 1.54) is 4.68 Å². The summed E-state index contributed by atoms with van der Waals surface area (Å²) in [7, 11) is 0. The molecule has 7 heteroatoms. The smallest absolute Gasteiger partial charge is 0.257 e. The summed E-state index contributed by atoms with van der Waals surface area (Å²) in [6.07, 6.45) is 3.30. The Labute approximate surface area is 167 Å². The molecule has 0 bridgehead atoms. The molecule has 2 aromatic heterocycles. The van der Waals surface area contributed by atoms with Gasteiger partial charge in [0.05, 0.1) is 17.2 Å². The van der Waals surface area contributed by atoms with E-state index in [-0.39, 0.29) is 17.3 Å². The predicted octanol–water partition coefficient (Wildman–Crippen LogP) is 3.27. The molecular weight excluding hydrogens is 364 g/mol. The zero-order valence-corrected chi connectivity index (χ0v) is 16.0. The van der Waals surface area contributed by atoms with E-state index in [9.17, 15) is 4.79 Å². The summed E-state index contributed by atoms with van der Waals surface area (Å²) in [6.45, 7) is 5.94. The van der Waals surface area contributed by atoms with Gasteiger partial charge in [-0.15, -0.1) is 6.58 Å². The van der Waals surface area contributed by atoms with Gasteiger partial charge < -0.3 is 11.1 Å². The summed E-state index contributed by atoms with van der Waals surface area (Å²) < 4.78 is 1.46. The third kappa shape index (κ3) is 3.34. The number of fused-ring (bicyclic) bond motifs is 2. The molecule has 0 aliphatic heterocycles. The van der Waals surface area contributed by atoms with Crippen LogP contribution in [0.25, 0.3) is 22.2 Å². The molecule has 0 saturated heterocycles. The topological polar surface area (TPSA) is 98.2 Å². The van der Waals surface area contributed by atoms with Crippen molar-refractivity contribution in [3.63, 3.8) is 0 Å². The molecule has 2 heterocycles. The number of hydrogen-bond acceptors (Lipinski definition) is 5. The number of carbonyl (C=O) groups is 1. The highest BCUT2D eigenvalue weighted by Gasteiger charge is 2.23. The Kier molecular flexibility index (Phi) is 4.78. The lowest BCUT2D eigenvalue weighted by Crippen LogP contribution is -2.24. The van der Waals surface area contributed by atoms with E-state index in [0.717, 1.165) is 11.1 Å². The summed E-state index contributed by atoms with van der Waals surface area (Å²) in [5.74, 6) is -0.163. The number of nitrogens with zero attached hydrogens (tertiary/aromatic N) is 4. The molecule has 0 radical (unpaired) electrons. The molecule has 3 N–H and O–H groups in total. The third-order valence-electron chi connectivity index (χ3n) is 4.61. The molecule has 0 aliphatic carbocycles.